The first-order chi connectivity index (χ1) is 15.5. The lowest BCUT2D eigenvalue weighted by molar-refractivity contribution is -0.384. The number of nitrogens with zero attached hydrogens (tertiary/aromatic N) is 4. The number of carbonyl (C=O) groups excluding carboxylic acids is 1. The normalized spacial score (nSPS) is 12.8. The molecule has 0 fully saturated rings. The number of aromatic nitrogens is 3. The highest BCUT2D eigenvalue weighted by atomic mass is 32.2. The van der Waals surface area contributed by atoms with Gasteiger partial charge in [0.25, 0.3) is 5.69 Å². The Morgan fingerprint density at radius 2 is 2.06 bits per heavy atom. The summed E-state index contributed by atoms with van der Waals surface area (Å²) in [7, 11) is 0. The van der Waals surface area contributed by atoms with Crippen LogP contribution in [-0.2, 0) is 24.2 Å². The van der Waals surface area contributed by atoms with Crippen LogP contribution in [0.3, 0.4) is 0 Å². The Hall–Kier alpha value is -3.53. The summed E-state index contributed by atoms with van der Waals surface area (Å²) in [6, 6.07) is 9.54. The summed E-state index contributed by atoms with van der Waals surface area (Å²) < 4.78 is 1.71. The maximum absolute atomic E-state index is 12.8. The number of hydrogen-bond donors (Lipinski definition) is 1. The Bertz CT molecular complexity index is 1210. The van der Waals surface area contributed by atoms with E-state index in [2.05, 4.69) is 15.3 Å². The Labute approximate surface area is 188 Å². The predicted octanol–water partition coefficient (Wildman–Crippen LogP) is 3.20. The fourth-order valence-electron chi connectivity index (χ4n) is 3.73. The van der Waals surface area contributed by atoms with E-state index in [0.717, 1.165) is 42.5 Å². The zero-order valence-electron chi connectivity index (χ0n) is 17.2. The van der Waals surface area contributed by atoms with E-state index in [1.54, 1.807) is 23.0 Å². The Kier molecular flexibility index (Phi) is 6.60. The molecule has 0 saturated heterocycles. The summed E-state index contributed by atoms with van der Waals surface area (Å²) >= 11 is 1.22. The minimum atomic E-state index is -0.513. The molecule has 1 N–H and O–H groups in total. The zero-order valence-corrected chi connectivity index (χ0v) is 18.0. The monoisotopic (exact) mass is 451 g/mol. The Morgan fingerprint density at radius 1 is 1.22 bits per heavy atom. The van der Waals surface area contributed by atoms with Gasteiger partial charge in [0, 0.05) is 41.5 Å². The number of pyridine rings is 1. The molecule has 0 aliphatic heterocycles. The van der Waals surface area contributed by atoms with Crippen molar-refractivity contribution in [3.8, 4) is 0 Å². The van der Waals surface area contributed by atoms with E-state index in [4.69, 9.17) is 0 Å². The molecule has 1 aliphatic rings. The van der Waals surface area contributed by atoms with Crippen LogP contribution in [0.25, 0.3) is 0 Å². The van der Waals surface area contributed by atoms with Crippen molar-refractivity contribution in [2.24, 2.45) is 0 Å². The first kappa shape index (κ1) is 21.7. The molecule has 4 rings (SSSR count). The maximum atomic E-state index is 12.8. The predicted molar refractivity (Wildman–Crippen MR) is 121 cm³/mol. The van der Waals surface area contributed by atoms with E-state index in [9.17, 15) is 19.7 Å². The van der Waals surface area contributed by atoms with E-state index in [0.29, 0.717) is 17.3 Å². The number of carbonyl (C=O) groups is 1. The average molecular weight is 452 g/mol. The molecule has 0 saturated carbocycles. The van der Waals surface area contributed by atoms with Crippen LogP contribution >= 0.6 is 11.8 Å². The minimum Gasteiger partial charge on any atom is -0.325 e. The number of thioether (sulfide) groups is 1. The molecule has 32 heavy (non-hydrogen) atoms. The standard InChI is InChI=1S/C22H21N5O4S/c28-20(24-16-6-3-7-17(11-16)27(30)31)14-32-21-18-8-1-2-9-19(18)26(22(29)25-21)13-15-5-4-10-23-12-15/h3-7,10-12H,1-2,8-9,13-14H2,(H,24,28). The molecule has 0 atom stereocenters. The van der Waals surface area contributed by atoms with Crippen LogP contribution in [0.15, 0.2) is 58.6 Å². The van der Waals surface area contributed by atoms with Crippen molar-refractivity contribution >= 4 is 29.0 Å². The van der Waals surface area contributed by atoms with Crippen molar-refractivity contribution in [2.45, 2.75) is 37.3 Å². The van der Waals surface area contributed by atoms with Gasteiger partial charge in [0.2, 0.25) is 5.91 Å². The highest BCUT2D eigenvalue weighted by Gasteiger charge is 2.21. The van der Waals surface area contributed by atoms with E-state index in [1.807, 2.05) is 12.1 Å². The molecular weight excluding hydrogens is 430 g/mol. The van der Waals surface area contributed by atoms with Gasteiger partial charge in [-0.2, -0.15) is 4.98 Å². The van der Waals surface area contributed by atoms with Gasteiger partial charge in [-0.25, -0.2) is 4.79 Å². The van der Waals surface area contributed by atoms with Crippen molar-refractivity contribution in [1.82, 2.24) is 14.5 Å². The van der Waals surface area contributed by atoms with Crippen LogP contribution < -0.4 is 11.0 Å². The number of non-ortho nitro benzene ring substituents is 1. The van der Waals surface area contributed by atoms with Crippen LogP contribution in [0.4, 0.5) is 11.4 Å². The second kappa shape index (κ2) is 9.73. The summed E-state index contributed by atoms with van der Waals surface area (Å²) in [5.41, 5.74) is 2.85. The number of fused-ring (bicyclic) bond motifs is 1. The van der Waals surface area contributed by atoms with Gasteiger partial charge in [-0.3, -0.25) is 24.5 Å². The van der Waals surface area contributed by atoms with Gasteiger partial charge >= 0.3 is 5.69 Å². The number of hydrogen-bond acceptors (Lipinski definition) is 7. The molecular formula is C22H21N5O4S. The third kappa shape index (κ3) is 5.02. The van der Waals surface area contributed by atoms with Gasteiger partial charge in [0.15, 0.2) is 0 Å². The molecule has 0 unspecified atom stereocenters. The van der Waals surface area contributed by atoms with E-state index >= 15 is 0 Å². The number of nitrogens with one attached hydrogen (secondary N) is 1. The van der Waals surface area contributed by atoms with Crippen molar-refractivity contribution in [1.29, 1.82) is 0 Å². The van der Waals surface area contributed by atoms with Crippen molar-refractivity contribution in [2.75, 3.05) is 11.1 Å². The molecule has 9 nitrogen and oxygen atoms in total. The van der Waals surface area contributed by atoms with E-state index in [-0.39, 0.29) is 23.0 Å². The van der Waals surface area contributed by atoms with Gasteiger partial charge in [0.1, 0.15) is 5.03 Å². The third-order valence-corrected chi connectivity index (χ3v) is 6.21. The topological polar surface area (TPSA) is 120 Å². The maximum Gasteiger partial charge on any atom is 0.349 e. The fourth-order valence-corrected chi connectivity index (χ4v) is 4.61. The summed E-state index contributed by atoms with van der Waals surface area (Å²) in [6.07, 6.45) is 7.04. The van der Waals surface area contributed by atoms with Crippen LogP contribution in [0.2, 0.25) is 0 Å². The quantitative estimate of drug-likeness (QED) is 0.253. The molecule has 0 bridgehead atoms. The Morgan fingerprint density at radius 3 is 2.84 bits per heavy atom. The molecule has 1 aliphatic carbocycles. The van der Waals surface area contributed by atoms with Crippen molar-refractivity contribution < 1.29 is 9.72 Å². The van der Waals surface area contributed by atoms with Gasteiger partial charge in [-0.15, -0.1) is 0 Å². The second-order valence-electron chi connectivity index (χ2n) is 7.42. The molecule has 164 valence electrons. The Balaban J connectivity index is 1.51. The third-order valence-electron chi connectivity index (χ3n) is 5.19. The van der Waals surface area contributed by atoms with Crippen LogP contribution in [0.1, 0.15) is 29.7 Å². The highest BCUT2D eigenvalue weighted by Crippen LogP contribution is 2.29. The van der Waals surface area contributed by atoms with Crippen LogP contribution in [-0.4, -0.2) is 31.1 Å². The first-order valence-electron chi connectivity index (χ1n) is 10.2. The molecule has 1 amide bonds. The number of nitro benzene ring substituents is 1. The van der Waals surface area contributed by atoms with Crippen molar-refractivity contribution in [3.05, 3.63) is 86.2 Å². The van der Waals surface area contributed by atoms with Gasteiger partial charge < -0.3 is 5.32 Å². The lowest BCUT2D eigenvalue weighted by Gasteiger charge is -2.22. The van der Waals surface area contributed by atoms with Crippen LogP contribution in [0.5, 0.6) is 0 Å². The molecule has 0 spiro atoms. The fraction of sp³-hybridized carbons (Fsp3) is 0.273. The molecule has 2 heterocycles. The summed E-state index contributed by atoms with van der Waals surface area (Å²) in [5, 5.41) is 14.2. The van der Waals surface area contributed by atoms with E-state index in [1.165, 1.54) is 30.0 Å². The lowest BCUT2D eigenvalue weighted by atomic mass is 9.97. The van der Waals surface area contributed by atoms with Gasteiger partial charge in [-0.05, 0) is 43.4 Å². The first-order valence-corrected chi connectivity index (χ1v) is 11.2. The summed E-state index contributed by atoms with van der Waals surface area (Å²) in [5.74, 6) is -0.268. The number of amides is 1. The largest absolute Gasteiger partial charge is 0.349 e. The molecule has 3 aromatic rings. The van der Waals surface area contributed by atoms with Crippen molar-refractivity contribution in [3.63, 3.8) is 0 Å². The molecule has 2 aromatic heterocycles. The lowest BCUT2D eigenvalue weighted by Crippen LogP contribution is -2.30. The average Bonchev–Trinajstić information content (AvgIpc) is 2.80. The number of nitro groups is 1. The van der Waals surface area contributed by atoms with Gasteiger partial charge in [-0.1, -0.05) is 23.9 Å². The SMILES string of the molecule is O=C(CSc1nc(=O)n(Cc2cccnc2)c2c1CCCC2)Nc1cccc([N+](=O)[O-])c1. The zero-order chi connectivity index (χ0) is 22.5. The van der Waals surface area contributed by atoms with Gasteiger partial charge in [0.05, 0.1) is 17.2 Å². The van der Waals surface area contributed by atoms with E-state index < -0.39 is 4.92 Å². The number of anilines is 1. The molecule has 1 aromatic carbocycles. The molecule has 0 radical (unpaired) electrons. The minimum absolute atomic E-state index is 0.0498. The summed E-state index contributed by atoms with van der Waals surface area (Å²) in [4.78, 5) is 44.0. The number of benzene rings is 1. The van der Waals surface area contributed by atoms with Crippen LogP contribution in [0, 0.1) is 10.1 Å². The highest BCUT2D eigenvalue weighted by molar-refractivity contribution is 8.00. The second-order valence-corrected chi connectivity index (χ2v) is 8.39. The smallest absolute Gasteiger partial charge is 0.325 e. The molecule has 10 heteroatoms. The number of rotatable bonds is 7. The summed E-state index contributed by atoms with van der Waals surface area (Å²) in [6.45, 7) is 0.417.